The van der Waals surface area contributed by atoms with Crippen molar-refractivity contribution in [1.29, 1.82) is 0 Å². The predicted molar refractivity (Wildman–Crippen MR) is 108 cm³/mol. The van der Waals surface area contributed by atoms with Crippen molar-refractivity contribution in [1.82, 2.24) is 0 Å². The molecule has 23 heavy (non-hydrogen) atoms. The van der Waals surface area contributed by atoms with E-state index in [2.05, 4.69) is 103 Å². The molecule has 0 amide bonds. The first kappa shape index (κ1) is 20.6. The summed E-state index contributed by atoms with van der Waals surface area (Å²) in [6, 6.07) is 6.38. The standard InChI is InChI=1S/C20H33IO2/c1-14(13-20(8,9)21)15-10-11-16(22-18(2,3)4)17(12-15)23-19(5,6)7/h10-12,14H,13H2,1-9H3. The van der Waals surface area contributed by atoms with Gasteiger partial charge in [-0.1, -0.05) is 49.4 Å². The van der Waals surface area contributed by atoms with Crippen LogP contribution in [0.25, 0.3) is 0 Å². The van der Waals surface area contributed by atoms with Gasteiger partial charge in [0.25, 0.3) is 0 Å². The van der Waals surface area contributed by atoms with Crippen LogP contribution in [0.15, 0.2) is 18.2 Å². The molecule has 0 radical (unpaired) electrons. The quantitative estimate of drug-likeness (QED) is 0.379. The molecule has 3 heteroatoms. The van der Waals surface area contributed by atoms with Gasteiger partial charge in [0.15, 0.2) is 11.5 Å². The molecule has 0 bridgehead atoms. The highest BCUT2D eigenvalue weighted by molar-refractivity contribution is 14.1. The molecule has 1 unspecified atom stereocenters. The van der Waals surface area contributed by atoms with Crippen molar-refractivity contribution >= 4 is 22.6 Å². The van der Waals surface area contributed by atoms with Crippen LogP contribution in [0.2, 0.25) is 0 Å². The van der Waals surface area contributed by atoms with Crippen molar-refractivity contribution in [2.24, 2.45) is 0 Å². The van der Waals surface area contributed by atoms with Crippen LogP contribution in [0.1, 0.15) is 80.2 Å². The zero-order chi connectivity index (χ0) is 18.1. The van der Waals surface area contributed by atoms with Crippen LogP contribution in [0, 0.1) is 0 Å². The topological polar surface area (TPSA) is 18.5 Å². The van der Waals surface area contributed by atoms with E-state index in [-0.39, 0.29) is 14.6 Å². The third-order valence-corrected chi connectivity index (χ3v) is 3.60. The van der Waals surface area contributed by atoms with Gasteiger partial charge in [0.1, 0.15) is 11.2 Å². The number of benzene rings is 1. The fraction of sp³-hybridized carbons (Fsp3) is 0.700. The molecule has 1 aromatic carbocycles. The fourth-order valence-corrected chi connectivity index (χ4v) is 3.16. The number of hydrogen-bond donors (Lipinski definition) is 0. The van der Waals surface area contributed by atoms with E-state index in [0.717, 1.165) is 17.9 Å². The maximum absolute atomic E-state index is 6.17. The maximum atomic E-state index is 6.17. The molecule has 1 aromatic rings. The SMILES string of the molecule is CC(CC(C)(C)I)c1ccc(OC(C)(C)C)c(OC(C)(C)C)c1. The maximum Gasteiger partial charge on any atom is 0.162 e. The highest BCUT2D eigenvalue weighted by Crippen LogP contribution is 2.38. The van der Waals surface area contributed by atoms with Gasteiger partial charge in [-0.15, -0.1) is 0 Å². The van der Waals surface area contributed by atoms with E-state index < -0.39 is 0 Å². The van der Waals surface area contributed by atoms with Crippen molar-refractivity contribution in [2.75, 3.05) is 0 Å². The first-order valence-corrected chi connectivity index (χ1v) is 9.45. The monoisotopic (exact) mass is 432 g/mol. The molecule has 0 saturated heterocycles. The van der Waals surface area contributed by atoms with Gasteiger partial charge < -0.3 is 9.47 Å². The summed E-state index contributed by atoms with van der Waals surface area (Å²) in [6.45, 7) is 19.2. The zero-order valence-electron chi connectivity index (χ0n) is 16.2. The summed E-state index contributed by atoms with van der Waals surface area (Å²) < 4.78 is 12.5. The first-order chi connectivity index (χ1) is 10.2. The zero-order valence-corrected chi connectivity index (χ0v) is 18.4. The molecule has 132 valence electrons. The molecule has 1 atom stereocenters. The average molecular weight is 432 g/mol. The van der Waals surface area contributed by atoms with Gasteiger partial charge in [-0.2, -0.15) is 0 Å². The molecule has 0 aliphatic rings. The van der Waals surface area contributed by atoms with Crippen molar-refractivity contribution in [3.05, 3.63) is 23.8 Å². The van der Waals surface area contributed by atoms with E-state index in [1.807, 2.05) is 0 Å². The fourth-order valence-electron chi connectivity index (χ4n) is 2.50. The molecule has 0 spiro atoms. The molecule has 0 heterocycles. The van der Waals surface area contributed by atoms with Crippen LogP contribution in [-0.4, -0.2) is 14.6 Å². The number of halogens is 1. The highest BCUT2D eigenvalue weighted by atomic mass is 127. The van der Waals surface area contributed by atoms with Gasteiger partial charge in [0.2, 0.25) is 0 Å². The van der Waals surface area contributed by atoms with Gasteiger partial charge in [0, 0.05) is 3.42 Å². The molecule has 0 saturated carbocycles. The number of rotatable bonds is 5. The summed E-state index contributed by atoms with van der Waals surface area (Å²) >= 11 is 2.52. The summed E-state index contributed by atoms with van der Waals surface area (Å²) in [5, 5.41) is 0. The summed E-state index contributed by atoms with van der Waals surface area (Å²) in [6.07, 6.45) is 1.13. The van der Waals surface area contributed by atoms with Crippen molar-refractivity contribution in [2.45, 2.75) is 89.3 Å². The Bertz CT molecular complexity index is 516. The minimum atomic E-state index is -0.250. The first-order valence-electron chi connectivity index (χ1n) is 8.37. The molecule has 0 aromatic heterocycles. The van der Waals surface area contributed by atoms with Gasteiger partial charge in [-0.25, -0.2) is 0 Å². The molecule has 0 aliphatic heterocycles. The van der Waals surface area contributed by atoms with Gasteiger partial charge in [-0.05, 0) is 71.6 Å². The largest absolute Gasteiger partial charge is 0.484 e. The normalized spacial score (nSPS) is 14.5. The lowest BCUT2D eigenvalue weighted by molar-refractivity contribution is 0.0956. The Morgan fingerprint density at radius 2 is 1.35 bits per heavy atom. The Balaban J connectivity index is 3.16. The second-order valence-corrected chi connectivity index (χ2v) is 11.9. The Labute approximate surface area is 156 Å². The van der Waals surface area contributed by atoms with Crippen LogP contribution in [0.4, 0.5) is 0 Å². The third-order valence-electron chi connectivity index (χ3n) is 3.16. The van der Waals surface area contributed by atoms with Crippen LogP contribution >= 0.6 is 22.6 Å². The Morgan fingerprint density at radius 1 is 0.870 bits per heavy atom. The van der Waals surface area contributed by atoms with Crippen LogP contribution in [0.3, 0.4) is 0 Å². The van der Waals surface area contributed by atoms with Gasteiger partial charge >= 0.3 is 0 Å². The van der Waals surface area contributed by atoms with Crippen molar-refractivity contribution in [3.8, 4) is 11.5 Å². The molecule has 0 fully saturated rings. The molecule has 1 rings (SSSR count). The van der Waals surface area contributed by atoms with Gasteiger partial charge in [0.05, 0.1) is 0 Å². The van der Waals surface area contributed by atoms with Crippen LogP contribution in [0.5, 0.6) is 11.5 Å². The third kappa shape index (κ3) is 8.27. The van der Waals surface area contributed by atoms with E-state index >= 15 is 0 Å². The smallest absolute Gasteiger partial charge is 0.162 e. The van der Waals surface area contributed by atoms with Crippen LogP contribution < -0.4 is 9.47 Å². The lowest BCUT2D eigenvalue weighted by atomic mass is 9.91. The Kier molecular flexibility index (Phi) is 6.45. The second kappa shape index (κ2) is 7.20. The molecule has 0 aliphatic carbocycles. The number of hydrogen-bond acceptors (Lipinski definition) is 2. The summed E-state index contributed by atoms with van der Waals surface area (Å²) in [5.41, 5.74) is 0.809. The highest BCUT2D eigenvalue weighted by Gasteiger charge is 2.23. The molecule has 0 N–H and O–H groups in total. The van der Waals surface area contributed by atoms with E-state index in [4.69, 9.17) is 9.47 Å². The number of ether oxygens (including phenoxy) is 2. The minimum Gasteiger partial charge on any atom is -0.484 e. The molecular formula is C20H33IO2. The number of alkyl halides is 1. The van der Waals surface area contributed by atoms with E-state index in [1.165, 1.54) is 5.56 Å². The molecule has 2 nitrogen and oxygen atoms in total. The molecular weight excluding hydrogens is 399 g/mol. The van der Waals surface area contributed by atoms with Gasteiger partial charge in [-0.3, -0.25) is 0 Å². The van der Waals surface area contributed by atoms with Crippen LogP contribution in [-0.2, 0) is 0 Å². The lowest BCUT2D eigenvalue weighted by Gasteiger charge is -2.28. The summed E-state index contributed by atoms with van der Waals surface area (Å²) in [4.78, 5) is 0. The minimum absolute atomic E-state index is 0.243. The predicted octanol–water partition coefficient (Wildman–Crippen LogP) is 6.75. The van der Waals surface area contributed by atoms with Crippen molar-refractivity contribution < 1.29 is 9.47 Å². The summed E-state index contributed by atoms with van der Waals surface area (Å²) in [5.74, 6) is 2.13. The average Bonchev–Trinajstić information content (AvgIpc) is 2.25. The second-order valence-electron chi connectivity index (χ2n) is 8.96. The van der Waals surface area contributed by atoms with Crippen molar-refractivity contribution in [3.63, 3.8) is 0 Å². The lowest BCUT2D eigenvalue weighted by Crippen LogP contribution is -2.26. The van der Waals surface area contributed by atoms with E-state index in [1.54, 1.807) is 0 Å². The Hall–Kier alpha value is -0.450. The Morgan fingerprint density at radius 3 is 1.78 bits per heavy atom. The summed E-state index contributed by atoms with van der Waals surface area (Å²) in [7, 11) is 0. The van der Waals surface area contributed by atoms with E-state index in [0.29, 0.717) is 5.92 Å². The van der Waals surface area contributed by atoms with E-state index in [9.17, 15) is 0 Å².